The molecule has 2 heterocycles. The van der Waals surface area contributed by atoms with Crippen LogP contribution in [-0.4, -0.2) is 52.1 Å². The van der Waals surface area contributed by atoms with Crippen molar-refractivity contribution < 1.29 is 9.53 Å². The lowest BCUT2D eigenvalue weighted by Crippen LogP contribution is -2.37. The zero-order valence-corrected chi connectivity index (χ0v) is 15.2. The van der Waals surface area contributed by atoms with Crippen LogP contribution in [0.3, 0.4) is 0 Å². The number of thioether (sulfide) groups is 1. The quantitative estimate of drug-likeness (QED) is 0.599. The number of hydrogen-bond donors (Lipinski definition) is 0. The molecule has 1 aliphatic heterocycles. The van der Waals surface area contributed by atoms with Crippen molar-refractivity contribution in [2.24, 2.45) is 7.05 Å². The van der Waals surface area contributed by atoms with Crippen LogP contribution in [-0.2, 0) is 11.8 Å². The molecule has 0 bridgehead atoms. The number of ether oxygens (including phenoxy) is 1. The molecule has 1 fully saturated rings. The third-order valence-electron chi connectivity index (χ3n) is 3.89. The largest absolute Gasteiger partial charge is 0.378 e. The van der Waals surface area contributed by atoms with Crippen LogP contribution in [0.25, 0.3) is 0 Å². The summed E-state index contributed by atoms with van der Waals surface area (Å²) in [5, 5.41) is 9.60. The van der Waals surface area contributed by atoms with Crippen molar-refractivity contribution in [3.05, 3.63) is 34.9 Å². The van der Waals surface area contributed by atoms with E-state index in [1.165, 1.54) is 11.8 Å². The molecule has 8 heteroatoms. The van der Waals surface area contributed by atoms with Gasteiger partial charge in [-0.3, -0.25) is 9.36 Å². The third kappa shape index (κ3) is 3.74. The van der Waals surface area contributed by atoms with Crippen molar-refractivity contribution in [3.63, 3.8) is 0 Å². The molecular formula is C16H19ClN4O2S. The minimum absolute atomic E-state index is 0.0487. The average molecular weight is 367 g/mol. The number of benzene rings is 1. The Labute approximate surface area is 150 Å². The van der Waals surface area contributed by atoms with E-state index >= 15 is 0 Å². The Hall–Kier alpha value is -1.57. The zero-order valence-electron chi connectivity index (χ0n) is 13.6. The number of anilines is 1. The van der Waals surface area contributed by atoms with Gasteiger partial charge in [0.2, 0.25) is 5.95 Å². The number of halogens is 1. The van der Waals surface area contributed by atoms with Gasteiger partial charge in [0, 0.05) is 30.7 Å². The monoisotopic (exact) mass is 366 g/mol. The van der Waals surface area contributed by atoms with Crippen LogP contribution in [0.5, 0.6) is 0 Å². The number of aromatic nitrogens is 3. The van der Waals surface area contributed by atoms with Gasteiger partial charge in [-0.05, 0) is 31.2 Å². The Bertz CT molecular complexity index is 713. The second kappa shape index (κ2) is 7.55. The zero-order chi connectivity index (χ0) is 17.1. The first-order valence-electron chi connectivity index (χ1n) is 7.75. The highest BCUT2D eigenvalue weighted by Crippen LogP contribution is 2.27. The topological polar surface area (TPSA) is 60.2 Å². The summed E-state index contributed by atoms with van der Waals surface area (Å²) in [4.78, 5) is 14.7. The molecule has 1 saturated heterocycles. The van der Waals surface area contributed by atoms with Gasteiger partial charge in [0.25, 0.3) is 0 Å². The van der Waals surface area contributed by atoms with Crippen molar-refractivity contribution in [1.29, 1.82) is 0 Å². The van der Waals surface area contributed by atoms with Gasteiger partial charge in [0.15, 0.2) is 10.9 Å². The number of carbonyl (C=O) groups is 1. The molecule has 0 N–H and O–H groups in total. The minimum Gasteiger partial charge on any atom is -0.378 e. The van der Waals surface area contributed by atoms with E-state index in [0.717, 1.165) is 24.2 Å². The molecule has 1 aliphatic rings. The summed E-state index contributed by atoms with van der Waals surface area (Å²) in [5.41, 5.74) is 0.648. The van der Waals surface area contributed by atoms with E-state index in [9.17, 15) is 4.79 Å². The first-order chi connectivity index (χ1) is 11.6. The van der Waals surface area contributed by atoms with Gasteiger partial charge in [-0.15, -0.1) is 10.2 Å². The van der Waals surface area contributed by atoms with Crippen LogP contribution in [0.4, 0.5) is 5.95 Å². The average Bonchev–Trinajstić information content (AvgIpc) is 2.96. The lowest BCUT2D eigenvalue weighted by Gasteiger charge is -2.27. The van der Waals surface area contributed by atoms with Gasteiger partial charge in [0.1, 0.15) is 0 Å². The predicted molar refractivity (Wildman–Crippen MR) is 95.1 cm³/mol. The standard InChI is InChI=1S/C16H19ClN4O2S/c1-11(14(22)12-3-5-13(17)6-4-12)24-16-19-18-15(20(16)2)21-7-9-23-10-8-21/h3-6,11H,7-10H2,1-2H3. The molecule has 2 aromatic rings. The Kier molecular flexibility index (Phi) is 5.43. The molecule has 3 rings (SSSR count). The van der Waals surface area contributed by atoms with E-state index in [1.54, 1.807) is 24.3 Å². The SMILES string of the molecule is CC(Sc1nnc(N2CCOCC2)n1C)C(=O)c1ccc(Cl)cc1. The van der Waals surface area contributed by atoms with E-state index in [0.29, 0.717) is 23.8 Å². The third-order valence-corrected chi connectivity index (χ3v) is 5.27. The molecular weight excluding hydrogens is 348 g/mol. The van der Waals surface area contributed by atoms with Gasteiger partial charge in [-0.2, -0.15) is 0 Å². The number of nitrogens with zero attached hydrogens (tertiary/aromatic N) is 4. The smallest absolute Gasteiger partial charge is 0.227 e. The fourth-order valence-corrected chi connectivity index (χ4v) is 3.52. The second-order valence-corrected chi connectivity index (χ2v) is 7.32. The highest BCUT2D eigenvalue weighted by molar-refractivity contribution is 8.00. The van der Waals surface area contributed by atoms with Crippen molar-refractivity contribution in [1.82, 2.24) is 14.8 Å². The molecule has 128 valence electrons. The number of carbonyl (C=O) groups excluding carboxylic acids is 1. The molecule has 1 aromatic carbocycles. The number of hydrogen-bond acceptors (Lipinski definition) is 6. The first kappa shape index (κ1) is 17.3. The van der Waals surface area contributed by atoms with Crippen molar-refractivity contribution >= 4 is 35.1 Å². The fraction of sp³-hybridized carbons (Fsp3) is 0.438. The predicted octanol–water partition coefficient (Wildman–Crippen LogP) is 2.67. The lowest BCUT2D eigenvalue weighted by molar-refractivity contribution is 0.0994. The molecule has 6 nitrogen and oxygen atoms in total. The number of ketones is 1. The van der Waals surface area contributed by atoms with Crippen LogP contribution in [0, 0.1) is 0 Å². The second-order valence-electron chi connectivity index (χ2n) is 5.57. The number of morpholine rings is 1. The van der Waals surface area contributed by atoms with Crippen LogP contribution in [0.15, 0.2) is 29.4 Å². The molecule has 0 spiro atoms. The molecule has 0 amide bonds. The van der Waals surface area contributed by atoms with Crippen LogP contribution in [0.2, 0.25) is 5.02 Å². The Morgan fingerprint density at radius 3 is 2.58 bits per heavy atom. The van der Waals surface area contributed by atoms with Crippen LogP contribution in [0.1, 0.15) is 17.3 Å². The number of rotatable bonds is 5. The molecule has 0 saturated carbocycles. The van der Waals surface area contributed by atoms with Gasteiger partial charge in [-0.25, -0.2) is 0 Å². The highest BCUT2D eigenvalue weighted by Gasteiger charge is 2.22. The Balaban J connectivity index is 1.70. The molecule has 1 atom stereocenters. The summed E-state index contributed by atoms with van der Waals surface area (Å²) in [6.45, 7) is 4.87. The van der Waals surface area contributed by atoms with E-state index in [2.05, 4.69) is 15.1 Å². The van der Waals surface area contributed by atoms with E-state index in [1.807, 2.05) is 18.5 Å². The molecule has 1 aromatic heterocycles. The van der Waals surface area contributed by atoms with Gasteiger partial charge in [-0.1, -0.05) is 23.4 Å². The van der Waals surface area contributed by atoms with E-state index in [4.69, 9.17) is 16.3 Å². The summed E-state index contributed by atoms with van der Waals surface area (Å²) in [7, 11) is 1.92. The van der Waals surface area contributed by atoms with E-state index < -0.39 is 0 Å². The van der Waals surface area contributed by atoms with Crippen molar-refractivity contribution in [2.75, 3.05) is 31.2 Å². The summed E-state index contributed by atoms with van der Waals surface area (Å²) < 4.78 is 7.30. The summed E-state index contributed by atoms with van der Waals surface area (Å²) >= 11 is 7.28. The summed E-state index contributed by atoms with van der Waals surface area (Å²) in [5.74, 6) is 0.861. The Morgan fingerprint density at radius 2 is 1.92 bits per heavy atom. The minimum atomic E-state index is -0.258. The van der Waals surface area contributed by atoms with Gasteiger partial charge in [0.05, 0.1) is 18.5 Å². The number of Topliss-reactive ketones (excluding diaryl/α,β-unsaturated/α-hetero) is 1. The van der Waals surface area contributed by atoms with E-state index in [-0.39, 0.29) is 11.0 Å². The fourth-order valence-electron chi connectivity index (χ4n) is 2.51. The normalized spacial score (nSPS) is 16.2. The first-order valence-corrected chi connectivity index (χ1v) is 9.00. The maximum Gasteiger partial charge on any atom is 0.227 e. The molecule has 0 aliphatic carbocycles. The highest BCUT2D eigenvalue weighted by atomic mass is 35.5. The molecule has 1 unspecified atom stereocenters. The van der Waals surface area contributed by atoms with Crippen LogP contribution < -0.4 is 4.90 Å². The van der Waals surface area contributed by atoms with Crippen LogP contribution >= 0.6 is 23.4 Å². The van der Waals surface area contributed by atoms with Crippen molar-refractivity contribution in [3.8, 4) is 0 Å². The van der Waals surface area contributed by atoms with Gasteiger partial charge >= 0.3 is 0 Å². The summed E-state index contributed by atoms with van der Waals surface area (Å²) in [6.07, 6.45) is 0. The molecule has 0 radical (unpaired) electrons. The Morgan fingerprint density at radius 1 is 1.25 bits per heavy atom. The molecule has 24 heavy (non-hydrogen) atoms. The lowest BCUT2D eigenvalue weighted by atomic mass is 10.1. The maximum atomic E-state index is 12.5. The van der Waals surface area contributed by atoms with Crippen molar-refractivity contribution in [2.45, 2.75) is 17.3 Å². The maximum absolute atomic E-state index is 12.5. The summed E-state index contributed by atoms with van der Waals surface area (Å²) in [6, 6.07) is 6.95. The van der Waals surface area contributed by atoms with Gasteiger partial charge < -0.3 is 9.64 Å².